The minimum Gasteiger partial charge on any atom is -0.384 e. The van der Waals surface area contributed by atoms with Gasteiger partial charge < -0.3 is 16.4 Å². The molecule has 0 radical (unpaired) electrons. The van der Waals surface area contributed by atoms with Crippen LogP contribution in [-0.2, 0) is 9.59 Å². The molecule has 0 saturated heterocycles. The molecule has 3 rings (SSSR count). The molecule has 2 aliphatic rings. The number of nitrogens with two attached hydrogens (primary N) is 1. The predicted octanol–water partition coefficient (Wildman–Crippen LogP) is 4.38. The molecule has 0 aliphatic heterocycles. The third-order valence-corrected chi connectivity index (χ3v) is 6.99. The van der Waals surface area contributed by atoms with Crippen molar-refractivity contribution in [3.63, 3.8) is 0 Å². The standard InChI is InChI=1S/C34H40N4O2/c1-4-30(17-11-12-24(2)32(35)36)38-34(40)31(23-18-26-13-7-5-6-8-14-26)33(39)37-25(3)27-19-21-28-15-9-10-16-29(28)22-20-27/h4-5,7-16,19,21-22,25,31H,2,6,17-18,20,23H2,1,3H3,(H3,35,36)(H,37,39)(H,38,40)/b12-11-,30-4+. The second kappa shape index (κ2) is 15.2. The van der Waals surface area contributed by atoms with Gasteiger partial charge >= 0.3 is 0 Å². The van der Waals surface area contributed by atoms with Crippen LogP contribution in [-0.4, -0.2) is 23.7 Å². The van der Waals surface area contributed by atoms with E-state index in [1.807, 2.05) is 38.1 Å². The average molecular weight is 537 g/mol. The summed E-state index contributed by atoms with van der Waals surface area (Å²) in [7, 11) is 0. The van der Waals surface area contributed by atoms with Crippen LogP contribution in [0.5, 0.6) is 0 Å². The van der Waals surface area contributed by atoms with Crippen molar-refractivity contribution in [2.45, 2.75) is 52.0 Å². The number of carbonyl (C=O) groups excluding carboxylic acids is 2. The first-order chi connectivity index (χ1) is 19.3. The Kier molecular flexibility index (Phi) is 11.5. The van der Waals surface area contributed by atoms with E-state index in [1.54, 1.807) is 18.2 Å². The Morgan fingerprint density at radius 1 is 1.12 bits per heavy atom. The maximum atomic E-state index is 13.6. The molecule has 40 heavy (non-hydrogen) atoms. The molecule has 2 amide bonds. The molecule has 0 spiro atoms. The van der Waals surface area contributed by atoms with Crippen LogP contribution in [0.3, 0.4) is 0 Å². The molecule has 2 unspecified atom stereocenters. The van der Waals surface area contributed by atoms with Crippen molar-refractivity contribution < 1.29 is 9.59 Å². The summed E-state index contributed by atoms with van der Waals surface area (Å²) in [5, 5.41) is 15.8. The van der Waals surface area contributed by atoms with Crippen LogP contribution < -0.4 is 26.8 Å². The molecule has 6 heteroatoms. The highest BCUT2D eigenvalue weighted by atomic mass is 16.2. The fourth-order valence-electron chi connectivity index (χ4n) is 4.46. The van der Waals surface area contributed by atoms with Crippen molar-refractivity contribution in [1.82, 2.24) is 10.6 Å². The highest BCUT2D eigenvalue weighted by Gasteiger charge is 2.28. The maximum Gasteiger partial charge on any atom is 0.236 e. The van der Waals surface area contributed by atoms with Gasteiger partial charge in [-0.15, -0.1) is 0 Å². The van der Waals surface area contributed by atoms with Gasteiger partial charge in [0.2, 0.25) is 11.8 Å². The Balaban J connectivity index is 1.73. The predicted molar refractivity (Wildman–Crippen MR) is 165 cm³/mol. The van der Waals surface area contributed by atoms with E-state index in [4.69, 9.17) is 11.1 Å². The van der Waals surface area contributed by atoms with E-state index in [2.05, 4.69) is 65.8 Å². The highest BCUT2D eigenvalue weighted by Crippen LogP contribution is 2.19. The molecule has 0 aromatic heterocycles. The Hall–Kier alpha value is -4.45. The summed E-state index contributed by atoms with van der Waals surface area (Å²) in [6, 6.07) is 7.96. The van der Waals surface area contributed by atoms with E-state index in [1.165, 1.54) is 5.22 Å². The van der Waals surface area contributed by atoms with Crippen LogP contribution in [0.15, 0.2) is 108 Å². The molecule has 6 nitrogen and oxygen atoms in total. The largest absolute Gasteiger partial charge is 0.384 e. The van der Waals surface area contributed by atoms with E-state index in [0.717, 1.165) is 29.2 Å². The number of fused-ring (bicyclic) bond motifs is 1. The monoisotopic (exact) mass is 536 g/mol. The first-order valence-electron chi connectivity index (χ1n) is 13.7. The first-order valence-corrected chi connectivity index (χ1v) is 13.7. The van der Waals surface area contributed by atoms with Crippen LogP contribution in [0.4, 0.5) is 0 Å². The minimum atomic E-state index is -0.869. The summed E-state index contributed by atoms with van der Waals surface area (Å²) in [5.74, 6) is -1.61. The molecule has 0 heterocycles. The minimum absolute atomic E-state index is 0.104. The van der Waals surface area contributed by atoms with Gasteiger partial charge in [-0.2, -0.15) is 0 Å². The normalized spacial score (nSPS) is 16.2. The second-order valence-corrected chi connectivity index (χ2v) is 9.92. The zero-order chi connectivity index (χ0) is 28.9. The Morgan fingerprint density at radius 2 is 1.90 bits per heavy atom. The first kappa shape index (κ1) is 30.1. The number of nitrogens with one attached hydrogen (secondary N) is 3. The van der Waals surface area contributed by atoms with Crippen molar-refractivity contribution in [2.75, 3.05) is 0 Å². The molecule has 1 aromatic rings. The van der Waals surface area contributed by atoms with Crippen LogP contribution in [0, 0.1) is 11.3 Å². The maximum absolute atomic E-state index is 13.6. The molecule has 0 fully saturated rings. The zero-order valence-electron chi connectivity index (χ0n) is 23.5. The van der Waals surface area contributed by atoms with Gasteiger partial charge in [0.25, 0.3) is 0 Å². The Labute approximate surface area is 237 Å². The molecule has 0 saturated carbocycles. The lowest BCUT2D eigenvalue weighted by molar-refractivity contribution is -0.135. The van der Waals surface area contributed by atoms with Gasteiger partial charge in [-0.1, -0.05) is 97.7 Å². The lowest BCUT2D eigenvalue weighted by Crippen LogP contribution is -2.44. The average Bonchev–Trinajstić information content (AvgIpc) is 3.33. The fraction of sp³-hybridized carbons (Fsp3) is 0.265. The Bertz CT molecular complexity index is 1440. The lowest BCUT2D eigenvalue weighted by Gasteiger charge is -2.22. The van der Waals surface area contributed by atoms with Gasteiger partial charge in [-0.05, 0) is 61.1 Å². The molecular weight excluding hydrogens is 496 g/mol. The molecule has 2 aliphatic carbocycles. The van der Waals surface area contributed by atoms with Gasteiger partial charge in [-0.3, -0.25) is 15.0 Å². The van der Waals surface area contributed by atoms with Crippen LogP contribution in [0.1, 0.15) is 46.0 Å². The number of amidine groups is 1. The highest BCUT2D eigenvalue weighted by molar-refractivity contribution is 6.01. The van der Waals surface area contributed by atoms with Crippen molar-refractivity contribution in [1.29, 1.82) is 5.41 Å². The molecule has 1 aromatic carbocycles. The van der Waals surface area contributed by atoms with Crippen molar-refractivity contribution >= 4 is 29.8 Å². The number of hydrogen-bond donors (Lipinski definition) is 4. The summed E-state index contributed by atoms with van der Waals surface area (Å²) >= 11 is 0. The molecule has 208 valence electrons. The van der Waals surface area contributed by atoms with Crippen molar-refractivity contribution in [3.05, 3.63) is 118 Å². The quantitative estimate of drug-likeness (QED) is 0.138. The number of amides is 2. The Morgan fingerprint density at radius 3 is 2.65 bits per heavy atom. The zero-order valence-corrected chi connectivity index (χ0v) is 23.5. The summed E-state index contributed by atoms with van der Waals surface area (Å²) in [4.78, 5) is 27.1. The van der Waals surface area contributed by atoms with Crippen LogP contribution in [0.2, 0.25) is 0 Å². The number of allylic oxidation sites excluding steroid dienone is 9. The summed E-state index contributed by atoms with van der Waals surface area (Å²) < 4.78 is 0. The van der Waals surface area contributed by atoms with Crippen LogP contribution >= 0.6 is 0 Å². The van der Waals surface area contributed by atoms with Gasteiger partial charge in [0.05, 0.1) is 0 Å². The summed E-state index contributed by atoms with van der Waals surface area (Å²) in [6.07, 6.45) is 24.8. The third kappa shape index (κ3) is 9.09. The summed E-state index contributed by atoms with van der Waals surface area (Å²) in [5.41, 5.74) is 8.67. The van der Waals surface area contributed by atoms with E-state index in [0.29, 0.717) is 30.5 Å². The van der Waals surface area contributed by atoms with E-state index >= 15 is 0 Å². The van der Waals surface area contributed by atoms with Crippen molar-refractivity contribution in [2.24, 2.45) is 11.7 Å². The molecule has 5 N–H and O–H groups in total. The van der Waals surface area contributed by atoms with E-state index < -0.39 is 5.92 Å². The number of hydrogen-bond acceptors (Lipinski definition) is 3. The third-order valence-electron chi connectivity index (χ3n) is 6.99. The van der Waals surface area contributed by atoms with Crippen LogP contribution in [0.25, 0.3) is 12.2 Å². The molecular formula is C34H40N4O2. The van der Waals surface area contributed by atoms with Gasteiger partial charge in [0.15, 0.2) is 0 Å². The van der Waals surface area contributed by atoms with E-state index in [-0.39, 0.29) is 23.7 Å². The second-order valence-electron chi connectivity index (χ2n) is 9.92. The van der Waals surface area contributed by atoms with Gasteiger partial charge in [-0.25, -0.2) is 0 Å². The number of benzene rings is 1. The smallest absolute Gasteiger partial charge is 0.236 e. The van der Waals surface area contributed by atoms with Gasteiger partial charge in [0.1, 0.15) is 11.8 Å². The van der Waals surface area contributed by atoms with E-state index in [9.17, 15) is 9.59 Å². The molecule has 0 bridgehead atoms. The number of rotatable bonds is 12. The molecule has 2 atom stereocenters. The van der Waals surface area contributed by atoms with Gasteiger partial charge in [0, 0.05) is 23.7 Å². The topological polar surface area (TPSA) is 108 Å². The van der Waals surface area contributed by atoms with Crippen molar-refractivity contribution in [3.8, 4) is 0 Å². The lowest BCUT2D eigenvalue weighted by atomic mass is 9.95. The summed E-state index contributed by atoms with van der Waals surface area (Å²) in [6.45, 7) is 7.52. The number of carbonyl (C=O) groups is 2. The fourth-order valence-corrected chi connectivity index (χ4v) is 4.46. The SMILES string of the molecule is C=C(/C=C\C/C(=C\C)NC(=O)C(CCC1=CC=CCC=C1)C(=O)NC(C)C1=CC=c2ccccc2=CC1)C(=N)N.